The number of aryl methyl sites for hydroxylation is 2. The number of likely N-dealkylation sites (tertiary alicyclic amines) is 1. The van der Waals surface area contributed by atoms with Crippen molar-refractivity contribution in [2.24, 2.45) is 0 Å². The number of amides is 1. The maximum Gasteiger partial charge on any atom is 0.254 e. The molecule has 0 spiro atoms. The largest absolute Gasteiger partial charge is 0.339 e. The Bertz CT molecular complexity index is 785. The van der Waals surface area contributed by atoms with E-state index in [1.807, 2.05) is 17.9 Å². The highest BCUT2D eigenvalue weighted by Gasteiger charge is 2.27. The van der Waals surface area contributed by atoms with Crippen LogP contribution in [0, 0.1) is 13.8 Å². The number of aromatic amines is 1. The van der Waals surface area contributed by atoms with Crippen LogP contribution < -0.4 is 0 Å². The monoisotopic (exact) mass is 338 g/mol. The van der Waals surface area contributed by atoms with Gasteiger partial charge in [0.05, 0.1) is 0 Å². The van der Waals surface area contributed by atoms with Crippen molar-refractivity contribution in [3.05, 3.63) is 34.6 Å². The molecule has 0 bridgehead atoms. The number of aromatic nitrogens is 3. The fourth-order valence-corrected chi connectivity index (χ4v) is 3.94. The molecule has 1 saturated carbocycles. The topological polar surface area (TPSA) is 61.9 Å². The second-order valence-electron chi connectivity index (χ2n) is 7.48. The van der Waals surface area contributed by atoms with Gasteiger partial charge in [-0.2, -0.15) is 5.10 Å². The van der Waals surface area contributed by atoms with Gasteiger partial charge in [-0.05, 0) is 69.1 Å². The van der Waals surface area contributed by atoms with Crippen molar-refractivity contribution in [2.45, 2.75) is 58.3 Å². The SMILES string of the molecule is Cc1nc(-c2cc(C(=O)N3CCCCC3)c(C)cc2C2CCC2)n[nH]1. The third kappa shape index (κ3) is 3.08. The van der Waals surface area contributed by atoms with Crippen LogP contribution in [0.15, 0.2) is 12.1 Å². The summed E-state index contributed by atoms with van der Waals surface area (Å²) in [5.41, 5.74) is 4.22. The van der Waals surface area contributed by atoms with E-state index in [9.17, 15) is 4.79 Å². The fraction of sp³-hybridized carbons (Fsp3) is 0.550. The lowest BCUT2D eigenvalue weighted by atomic mass is 9.77. The first kappa shape index (κ1) is 16.3. The molecule has 132 valence electrons. The van der Waals surface area contributed by atoms with E-state index in [0.29, 0.717) is 11.7 Å². The lowest BCUT2D eigenvalue weighted by molar-refractivity contribution is 0.0723. The molecule has 25 heavy (non-hydrogen) atoms. The molecule has 1 amide bonds. The van der Waals surface area contributed by atoms with Crippen LogP contribution in [0.4, 0.5) is 0 Å². The number of nitrogens with zero attached hydrogens (tertiary/aromatic N) is 3. The molecule has 2 fully saturated rings. The summed E-state index contributed by atoms with van der Waals surface area (Å²) in [6.07, 6.45) is 7.16. The summed E-state index contributed by atoms with van der Waals surface area (Å²) in [6.45, 7) is 5.72. The van der Waals surface area contributed by atoms with E-state index in [-0.39, 0.29) is 5.91 Å². The molecule has 5 nitrogen and oxygen atoms in total. The summed E-state index contributed by atoms with van der Waals surface area (Å²) in [4.78, 5) is 19.6. The van der Waals surface area contributed by atoms with Gasteiger partial charge in [-0.3, -0.25) is 9.89 Å². The summed E-state index contributed by atoms with van der Waals surface area (Å²) < 4.78 is 0. The Balaban J connectivity index is 1.76. The summed E-state index contributed by atoms with van der Waals surface area (Å²) in [6, 6.07) is 4.25. The van der Waals surface area contributed by atoms with Crippen LogP contribution >= 0.6 is 0 Å². The van der Waals surface area contributed by atoms with Crippen LogP contribution in [0.1, 0.15) is 71.8 Å². The summed E-state index contributed by atoms with van der Waals surface area (Å²) in [7, 11) is 0. The zero-order valence-corrected chi connectivity index (χ0v) is 15.1. The quantitative estimate of drug-likeness (QED) is 0.920. The van der Waals surface area contributed by atoms with Crippen LogP contribution in [-0.2, 0) is 0 Å². The normalized spacial score (nSPS) is 18.2. The Kier molecular flexibility index (Phi) is 4.32. The first-order valence-electron chi connectivity index (χ1n) is 9.46. The molecule has 2 aromatic rings. The molecule has 5 heteroatoms. The number of carbonyl (C=O) groups excluding carboxylic acids is 1. The molecular weight excluding hydrogens is 312 g/mol. The van der Waals surface area contributed by atoms with Gasteiger partial charge < -0.3 is 4.90 Å². The predicted octanol–water partition coefficient (Wildman–Crippen LogP) is 3.98. The molecule has 4 rings (SSSR count). The number of benzene rings is 1. The molecule has 1 aromatic heterocycles. The van der Waals surface area contributed by atoms with E-state index in [1.165, 1.54) is 31.2 Å². The molecule has 1 saturated heterocycles. The molecule has 2 heterocycles. The first-order valence-corrected chi connectivity index (χ1v) is 9.46. The zero-order chi connectivity index (χ0) is 17.4. The van der Waals surface area contributed by atoms with Crippen molar-refractivity contribution in [3.8, 4) is 11.4 Å². The van der Waals surface area contributed by atoms with Crippen molar-refractivity contribution in [2.75, 3.05) is 13.1 Å². The van der Waals surface area contributed by atoms with E-state index >= 15 is 0 Å². The Labute approximate surface area is 148 Å². The third-order valence-electron chi connectivity index (χ3n) is 5.65. The molecule has 1 aliphatic heterocycles. The number of rotatable bonds is 3. The second-order valence-corrected chi connectivity index (χ2v) is 7.48. The van der Waals surface area contributed by atoms with Gasteiger partial charge in [-0.25, -0.2) is 4.98 Å². The van der Waals surface area contributed by atoms with Gasteiger partial charge in [0.1, 0.15) is 5.82 Å². The molecule has 0 atom stereocenters. The summed E-state index contributed by atoms with van der Waals surface area (Å²) >= 11 is 0. The van der Waals surface area contributed by atoms with Crippen molar-refractivity contribution in [1.29, 1.82) is 0 Å². The molecular formula is C20H26N4O. The van der Waals surface area contributed by atoms with Gasteiger partial charge >= 0.3 is 0 Å². The highest BCUT2D eigenvalue weighted by atomic mass is 16.2. The van der Waals surface area contributed by atoms with E-state index in [2.05, 4.69) is 28.2 Å². The number of hydrogen-bond donors (Lipinski definition) is 1. The number of H-pyrrole nitrogens is 1. The Morgan fingerprint density at radius 3 is 2.48 bits per heavy atom. The van der Waals surface area contributed by atoms with Gasteiger partial charge in [-0.1, -0.05) is 12.5 Å². The summed E-state index contributed by atoms with van der Waals surface area (Å²) in [5.74, 6) is 2.25. The fourth-order valence-electron chi connectivity index (χ4n) is 3.94. The van der Waals surface area contributed by atoms with Crippen LogP contribution in [0.25, 0.3) is 11.4 Å². The first-order chi connectivity index (χ1) is 12.1. The maximum atomic E-state index is 13.1. The lowest BCUT2D eigenvalue weighted by Crippen LogP contribution is -2.36. The highest BCUT2D eigenvalue weighted by molar-refractivity contribution is 5.97. The Hall–Kier alpha value is -2.17. The predicted molar refractivity (Wildman–Crippen MR) is 97.6 cm³/mol. The third-order valence-corrected chi connectivity index (χ3v) is 5.65. The average molecular weight is 338 g/mol. The van der Waals surface area contributed by atoms with Crippen molar-refractivity contribution >= 4 is 5.91 Å². The van der Waals surface area contributed by atoms with Gasteiger partial charge in [0, 0.05) is 24.2 Å². The molecule has 0 radical (unpaired) electrons. The number of carbonyl (C=O) groups is 1. The number of piperidine rings is 1. The standard InChI is InChI=1S/C20H26N4O/c1-13-11-17(15-7-6-8-15)18(19-21-14(2)22-23-19)12-16(13)20(25)24-9-4-3-5-10-24/h11-12,15H,3-10H2,1-2H3,(H,21,22,23). The van der Waals surface area contributed by atoms with Gasteiger partial charge in [0.25, 0.3) is 5.91 Å². The Morgan fingerprint density at radius 2 is 1.88 bits per heavy atom. The van der Waals surface area contributed by atoms with Crippen molar-refractivity contribution in [3.63, 3.8) is 0 Å². The zero-order valence-electron chi connectivity index (χ0n) is 15.1. The lowest BCUT2D eigenvalue weighted by Gasteiger charge is -2.30. The Morgan fingerprint density at radius 1 is 1.12 bits per heavy atom. The minimum Gasteiger partial charge on any atom is -0.339 e. The number of hydrogen-bond acceptors (Lipinski definition) is 3. The van der Waals surface area contributed by atoms with Crippen molar-refractivity contribution < 1.29 is 4.79 Å². The minimum absolute atomic E-state index is 0.158. The molecule has 1 aliphatic carbocycles. The van der Waals surface area contributed by atoms with Crippen LogP contribution in [0.5, 0.6) is 0 Å². The maximum absolute atomic E-state index is 13.1. The second kappa shape index (κ2) is 6.62. The minimum atomic E-state index is 0.158. The molecule has 1 N–H and O–H groups in total. The average Bonchev–Trinajstić information content (AvgIpc) is 3.00. The van der Waals surface area contributed by atoms with Crippen LogP contribution in [-0.4, -0.2) is 39.1 Å². The highest BCUT2D eigenvalue weighted by Crippen LogP contribution is 2.41. The van der Waals surface area contributed by atoms with E-state index < -0.39 is 0 Å². The van der Waals surface area contributed by atoms with E-state index in [1.54, 1.807) is 0 Å². The van der Waals surface area contributed by atoms with Gasteiger partial charge in [0.2, 0.25) is 0 Å². The number of nitrogens with one attached hydrogen (secondary N) is 1. The molecule has 1 aromatic carbocycles. The van der Waals surface area contributed by atoms with Crippen molar-refractivity contribution in [1.82, 2.24) is 20.1 Å². The smallest absolute Gasteiger partial charge is 0.254 e. The summed E-state index contributed by atoms with van der Waals surface area (Å²) in [5, 5.41) is 7.31. The molecule has 2 aliphatic rings. The van der Waals surface area contributed by atoms with Gasteiger partial charge in [-0.15, -0.1) is 0 Å². The van der Waals surface area contributed by atoms with Crippen LogP contribution in [0.3, 0.4) is 0 Å². The van der Waals surface area contributed by atoms with E-state index in [4.69, 9.17) is 0 Å². The molecule has 0 unspecified atom stereocenters. The van der Waals surface area contributed by atoms with Crippen LogP contribution in [0.2, 0.25) is 0 Å². The van der Waals surface area contributed by atoms with E-state index in [0.717, 1.165) is 48.4 Å². The van der Waals surface area contributed by atoms with Gasteiger partial charge in [0.15, 0.2) is 5.82 Å².